The Kier molecular flexibility index (Phi) is 4.50. The third kappa shape index (κ3) is 3.23. The van der Waals surface area contributed by atoms with Crippen molar-refractivity contribution in [3.05, 3.63) is 53.1 Å². The zero-order valence-corrected chi connectivity index (χ0v) is 11.5. The summed E-state index contributed by atoms with van der Waals surface area (Å²) in [5.74, 6) is -1.28. The van der Waals surface area contributed by atoms with E-state index in [4.69, 9.17) is 0 Å². The normalized spacial score (nSPS) is 10.4. The van der Waals surface area contributed by atoms with Crippen LogP contribution >= 0.6 is 0 Å². The average Bonchev–Trinajstić information content (AvgIpc) is 2.42. The van der Waals surface area contributed by atoms with Crippen LogP contribution in [0.1, 0.15) is 18.1 Å². The van der Waals surface area contributed by atoms with Gasteiger partial charge in [0.2, 0.25) is 0 Å². The summed E-state index contributed by atoms with van der Waals surface area (Å²) < 4.78 is 27.1. The van der Waals surface area contributed by atoms with Crippen molar-refractivity contribution in [3.63, 3.8) is 0 Å². The van der Waals surface area contributed by atoms with Gasteiger partial charge in [-0.05, 0) is 25.0 Å². The summed E-state index contributed by atoms with van der Waals surface area (Å²) in [5.41, 5.74) is 2.15. The second kappa shape index (κ2) is 6.32. The molecule has 3 nitrogen and oxygen atoms in total. The highest BCUT2D eigenvalue weighted by Gasteiger charge is 2.11. The molecule has 0 radical (unpaired) electrons. The lowest BCUT2D eigenvalue weighted by Crippen LogP contribution is -2.09. The summed E-state index contributed by atoms with van der Waals surface area (Å²) >= 11 is 0. The van der Waals surface area contributed by atoms with Gasteiger partial charge in [0.05, 0.1) is 0 Å². The summed E-state index contributed by atoms with van der Waals surface area (Å²) in [6.45, 7) is 4.76. The van der Waals surface area contributed by atoms with Gasteiger partial charge in [-0.25, -0.2) is 13.8 Å². The van der Waals surface area contributed by atoms with Crippen molar-refractivity contribution in [3.8, 4) is 0 Å². The number of benzene rings is 1. The predicted octanol–water partition coefficient (Wildman–Crippen LogP) is 3.71. The van der Waals surface area contributed by atoms with E-state index in [9.17, 15) is 8.78 Å². The molecule has 0 bridgehead atoms. The Morgan fingerprint density at radius 3 is 2.35 bits per heavy atom. The predicted molar refractivity (Wildman–Crippen MR) is 76.8 cm³/mol. The largest absolute Gasteiger partial charge is 0.368 e. The molecule has 2 rings (SSSR count). The van der Waals surface area contributed by atoms with E-state index in [0.717, 1.165) is 17.2 Å². The van der Waals surface area contributed by atoms with E-state index in [1.54, 1.807) is 0 Å². The molecule has 5 heteroatoms. The van der Waals surface area contributed by atoms with E-state index < -0.39 is 11.6 Å². The highest BCUT2D eigenvalue weighted by molar-refractivity contribution is 5.48. The Hall–Kier alpha value is -2.17. The highest BCUT2D eigenvalue weighted by Crippen LogP contribution is 2.20. The zero-order valence-electron chi connectivity index (χ0n) is 11.5. The number of hydrogen-bond acceptors (Lipinski definition) is 3. The fourth-order valence-corrected chi connectivity index (χ4v) is 1.87. The first-order chi connectivity index (χ1) is 9.61. The number of anilines is 2. The number of pyridine rings is 1. The minimum absolute atomic E-state index is 0.0469. The molecule has 1 aromatic carbocycles. The average molecular weight is 277 g/mol. The van der Waals surface area contributed by atoms with E-state index in [0.29, 0.717) is 13.1 Å². The van der Waals surface area contributed by atoms with Crippen LogP contribution in [0.25, 0.3) is 0 Å². The summed E-state index contributed by atoms with van der Waals surface area (Å²) in [6, 6.07) is 8.64. The molecule has 0 atom stereocenters. The summed E-state index contributed by atoms with van der Waals surface area (Å²) in [4.78, 5) is 3.93. The van der Waals surface area contributed by atoms with Crippen LogP contribution in [0.5, 0.6) is 0 Å². The lowest BCUT2D eigenvalue weighted by atomic mass is 10.1. The maximum absolute atomic E-state index is 13.7. The molecule has 0 spiro atoms. The molecule has 1 aromatic heterocycles. The van der Waals surface area contributed by atoms with E-state index in [2.05, 4.69) is 15.6 Å². The van der Waals surface area contributed by atoms with Crippen molar-refractivity contribution >= 4 is 11.6 Å². The van der Waals surface area contributed by atoms with Gasteiger partial charge in [-0.2, -0.15) is 0 Å². The van der Waals surface area contributed by atoms with Gasteiger partial charge >= 0.3 is 0 Å². The van der Waals surface area contributed by atoms with Crippen molar-refractivity contribution in [1.29, 1.82) is 0 Å². The molecule has 2 N–H and O–H groups in total. The van der Waals surface area contributed by atoms with Gasteiger partial charge in [-0.15, -0.1) is 0 Å². The fourth-order valence-electron chi connectivity index (χ4n) is 1.87. The van der Waals surface area contributed by atoms with Gasteiger partial charge in [0.1, 0.15) is 0 Å². The van der Waals surface area contributed by atoms with E-state index in [1.165, 1.54) is 0 Å². The molecule has 20 heavy (non-hydrogen) atoms. The Balaban J connectivity index is 2.17. The molecule has 0 aliphatic rings. The zero-order chi connectivity index (χ0) is 14.5. The van der Waals surface area contributed by atoms with E-state index in [-0.39, 0.29) is 11.6 Å². The van der Waals surface area contributed by atoms with Gasteiger partial charge in [0.15, 0.2) is 23.3 Å². The van der Waals surface area contributed by atoms with Crippen LogP contribution < -0.4 is 10.6 Å². The lowest BCUT2D eigenvalue weighted by Gasteiger charge is -2.11. The van der Waals surface area contributed by atoms with Crippen molar-refractivity contribution in [2.45, 2.75) is 20.4 Å². The van der Waals surface area contributed by atoms with Crippen molar-refractivity contribution in [2.75, 3.05) is 17.2 Å². The fraction of sp³-hybridized carbons (Fsp3) is 0.267. The molecule has 106 valence electrons. The summed E-state index contributed by atoms with van der Waals surface area (Å²) in [7, 11) is 0. The van der Waals surface area contributed by atoms with Crippen LogP contribution in [0.2, 0.25) is 0 Å². The summed E-state index contributed by atoms with van der Waals surface area (Å²) in [6.07, 6.45) is 0. The van der Waals surface area contributed by atoms with Gasteiger partial charge in [0, 0.05) is 19.2 Å². The van der Waals surface area contributed by atoms with Crippen LogP contribution in [0.15, 0.2) is 30.3 Å². The van der Waals surface area contributed by atoms with Crippen molar-refractivity contribution in [2.24, 2.45) is 0 Å². The first-order valence-corrected chi connectivity index (χ1v) is 6.50. The smallest absolute Gasteiger partial charge is 0.168 e. The highest BCUT2D eigenvalue weighted by atomic mass is 19.1. The van der Waals surface area contributed by atoms with Crippen LogP contribution in [-0.4, -0.2) is 11.5 Å². The van der Waals surface area contributed by atoms with Crippen LogP contribution in [0.3, 0.4) is 0 Å². The molecule has 0 aliphatic carbocycles. The maximum Gasteiger partial charge on any atom is 0.168 e. The second-order valence-corrected chi connectivity index (χ2v) is 4.46. The number of halogens is 2. The Morgan fingerprint density at radius 1 is 1.05 bits per heavy atom. The minimum atomic E-state index is -0.697. The minimum Gasteiger partial charge on any atom is -0.368 e. The Labute approximate surface area is 117 Å². The standard InChI is InChI=1S/C15H17F2N3/c1-3-18-14-12(16)8-13(17)15(20-14)19-9-11-7-5-4-6-10(11)2/h4-8H,3,9H2,1-2H3,(H2,18,19,20). The molecule has 0 amide bonds. The van der Waals surface area contributed by atoms with Gasteiger partial charge < -0.3 is 10.6 Å². The van der Waals surface area contributed by atoms with E-state index >= 15 is 0 Å². The lowest BCUT2D eigenvalue weighted by molar-refractivity contribution is 0.578. The molecule has 2 aromatic rings. The number of hydrogen-bond donors (Lipinski definition) is 2. The number of aromatic nitrogens is 1. The van der Waals surface area contributed by atoms with Gasteiger partial charge in [0.25, 0.3) is 0 Å². The van der Waals surface area contributed by atoms with Gasteiger partial charge in [-0.3, -0.25) is 0 Å². The Morgan fingerprint density at radius 2 is 1.70 bits per heavy atom. The third-order valence-electron chi connectivity index (χ3n) is 2.98. The Bertz CT molecular complexity index is 600. The molecule has 0 saturated heterocycles. The molecular formula is C15H17F2N3. The van der Waals surface area contributed by atoms with Crippen LogP contribution in [0, 0.1) is 18.6 Å². The molecule has 1 heterocycles. The summed E-state index contributed by atoms with van der Waals surface area (Å²) in [5, 5.41) is 5.66. The number of nitrogens with zero attached hydrogens (tertiary/aromatic N) is 1. The first-order valence-electron chi connectivity index (χ1n) is 6.50. The molecular weight excluding hydrogens is 260 g/mol. The van der Waals surface area contributed by atoms with Crippen LogP contribution in [-0.2, 0) is 6.54 Å². The van der Waals surface area contributed by atoms with Crippen molar-refractivity contribution < 1.29 is 8.78 Å². The maximum atomic E-state index is 13.7. The second-order valence-electron chi connectivity index (χ2n) is 4.46. The molecule has 0 saturated carbocycles. The topological polar surface area (TPSA) is 37.0 Å². The first kappa shape index (κ1) is 14.2. The monoisotopic (exact) mass is 277 g/mol. The van der Waals surface area contributed by atoms with E-state index in [1.807, 2.05) is 38.1 Å². The SMILES string of the molecule is CCNc1nc(NCc2ccccc2C)c(F)cc1F. The van der Waals surface area contributed by atoms with Gasteiger partial charge in [-0.1, -0.05) is 24.3 Å². The number of nitrogens with one attached hydrogen (secondary N) is 2. The third-order valence-corrected chi connectivity index (χ3v) is 2.98. The number of rotatable bonds is 5. The quantitative estimate of drug-likeness (QED) is 0.874. The number of aryl methyl sites for hydroxylation is 1. The molecule has 0 aliphatic heterocycles. The van der Waals surface area contributed by atoms with Crippen molar-refractivity contribution in [1.82, 2.24) is 4.98 Å². The molecule has 0 fully saturated rings. The molecule has 0 unspecified atom stereocenters. The van der Waals surface area contributed by atoms with Crippen LogP contribution in [0.4, 0.5) is 20.4 Å².